The van der Waals surface area contributed by atoms with Gasteiger partial charge in [0.05, 0.1) is 18.2 Å². The largest absolute Gasteiger partial charge is 0.467 e. The van der Waals surface area contributed by atoms with Gasteiger partial charge in [0.1, 0.15) is 17.0 Å². The van der Waals surface area contributed by atoms with Crippen molar-refractivity contribution in [1.29, 1.82) is 0 Å². The zero-order chi connectivity index (χ0) is 14.1. The Morgan fingerprint density at radius 1 is 1.55 bits per heavy atom. The van der Waals surface area contributed by atoms with Crippen molar-refractivity contribution < 1.29 is 9.21 Å². The number of nitrogens with zero attached hydrogens (tertiary/aromatic N) is 1. The molecule has 0 spiro atoms. The van der Waals surface area contributed by atoms with Crippen LogP contribution in [-0.4, -0.2) is 10.9 Å². The lowest BCUT2D eigenvalue weighted by molar-refractivity contribution is 0.0931. The molecule has 22 heavy (non-hydrogen) atoms. The number of amides is 1. The molecular formula is C14H19Cl2N3O2S. The average molecular weight is 364 g/mol. The zero-order valence-electron chi connectivity index (χ0n) is 12.1. The van der Waals surface area contributed by atoms with E-state index in [2.05, 4.69) is 10.3 Å². The fraction of sp³-hybridized carbons (Fsp3) is 0.429. The molecule has 1 amide bonds. The van der Waals surface area contributed by atoms with Crippen LogP contribution in [0.1, 0.15) is 45.7 Å². The number of halogens is 2. The Balaban J connectivity index is 0.00000121. The van der Waals surface area contributed by atoms with Crippen molar-refractivity contribution in [1.82, 2.24) is 10.3 Å². The summed E-state index contributed by atoms with van der Waals surface area (Å²) in [4.78, 5) is 16.8. The van der Waals surface area contributed by atoms with Gasteiger partial charge < -0.3 is 15.5 Å². The molecule has 1 aliphatic rings. The van der Waals surface area contributed by atoms with Crippen molar-refractivity contribution >= 4 is 42.1 Å². The molecule has 2 heterocycles. The summed E-state index contributed by atoms with van der Waals surface area (Å²) < 4.78 is 5.20. The Kier molecular flexibility index (Phi) is 6.87. The van der Waals surface area contributed by atoms with Gasteiger partial charge in [0.15, 0.2) is 0 Å². The molecule has 122 valence electrons. The van der Waals surface area contributed by atoms with Gasteiger partial charge in [0, 0.05) is 11.1 Å². The third-order valence-corrected chi connectivity index (χ3v) is 4.45. The molecule has 1 atom stereocenters. The first-order valence-electron chi connectivity index (χ1n) is 6.67. The number of nitrogens with one attached hydrogen (secondary N) is 1. The Morgan fingerprint density at radius 2 is 2.27 bits per heavy atom. The van der Waals surface area contributed by atoms with Crippen molar-refractivity contribution in [3.63, 3.8) is 0 Å². The van der Waals surface area contributed by atoms with Crippen LogP contribution in [0.15, 0.2) is 22.1 Å². The summed E-state index contributed by atoms with van der Waals surface area (Å²) in [5.74, 6) is 0.992. The molecule has 1 fully saturated rings. The van der Waals surface area contributed by atoms with Gasteiger partial charge in [0.2, 0.25) is 0 Å². The lowest BCUT2D eigenvalue weighted by Crippen LogP contribution is -2.29. The third-order valence-electron chi connectivity index (χ3n) is 3.40. The second-order valence-corrected chi connectivity index (χ2v) is 6.01. The van der Waals surface area contributed by atoms with Crippen LogP contribution in [0.5, 0.6) is 0 Å². The second kappa shape index (κ2) is 7.97. The highest BCUT2D eigenvalue weighted by atomic mass is 35.5. The smallest absolute Gasteiger partial charge is 0.255 e. The average Bonchev–Trinajstić information content (AvgIpc) is 3.00. The lowest BCUT2D eigenvalue weighted by Gasteiger charge is -2.15. The topological polar surface area (TPSA) is 81.2 Å². The van der Waals surface area contributed by atoms with Crippen LogP contribution in [0.3, 0.4) is 0 Å². The van der Waals surface area contributed by atoms with Crippen LogP contribution < -0.4 is 11.1 Å². The van der Waals surface area contributed by atoms with E-state index in [-0.39, 0.29) is 36.8 Å². The molecule has 8 heteroatoms. The molecule has 0 radical (unpaired) electrons. The van der Waals surface area contributed by atoms with Crippen molar-refractivity contribution in [2.75, 3.05) is 0 Å². The fourth-order valence-electron chi connectivity index (χ4n) is 2.16. The van der Waals surface area contributed by atoms with Crippen LogP contribution in [-0.2, 0) is 6.54 Å². The lowest BCUT2D eigenvalue weighted by atomic mass is 10.1. The van der Waals surface area contributed by atoms with Gasteiger partial charge in [-0.25, -0.2) is 4.98 Å². The summed E-state index contributed by atoms with van der Waals surface area (Å²) in [6, 6.07) is 1.70. The predicted octanol–water partition coefficient (Wildman–Crippen LogP) is 3.23. The number of carbonyl (C=O) groups is 1. The number of thiazole rings is 1. The molecule has 1 saturated carbocycles. The normalized spacial score (nSPS) is 14.6. The molecule has 0 aromatic carbocycles. The van der Waals surface area contributed by atoms with Crippen LogP contribution >= 0.6 is 36.2 Å². The molecule has 3 rings (SSSR count). The Bertz CT molecular complexity index is 625. The Morgan fingerprint density at radius 3 is 2.77 bits per heavy atom. The number of carbonyl (C=O) groups excluding carboxylic acids is 1. The molecule has 0 saturated heterocycles. The van der Waals surface area contributed by atoms with Gasteiger partial charge in [-0.3, -0.25) is 4.79 Å². The van der Waals surface area contributed by atoms with E-state index in [0.717, 1.165) is 23.5 Å². The van der Waals surface area contributed by atoms with E-state index in [1.54, 1.807) is 17.4 Å². The van der Waals surface area contributed by atoms with Crippen LogP contribution in [0.25, 0.3) is 0 Å². The Labute approximate surface area is 145 Å². The Hall–Kier alpha value is -1.08. The maximum Gasteiger partial charge on any atom is 0.255 e. The predicted molar refractivity (Wildman–Crippen MR) is 90.9 cm³/mol. The minimum atomic E-state index is -0.127. The van der Waals surface area contributed by atoms with Crippen LogP contribution in [0.4, 0.5) is 0 Å². The van der Waals surface area contributed by atoms with E-state index in [4.69, 9.17) is 10.2 Å². The number of aromatic nitrogens is 1. The first-order valence-corrected chi connectivity index (χ1v) is 7.55. The molecule has 1 aliphatic carbocycles. The summed E-state index contributed by atoms with van der Waals surface area (Å²) >= 11 is 1.60. The van der Waals surface area contributed by atoms with E-state index in [0.29, 0.717) is 23.8 Å². The number of hydrogen-bond donors (Lipinski definition) is 2. The highest BCUT2D eigenvalue weighted by Gasteiger charge is 2.35. The monoisotopic (exact) mass is 363 g/mol. The number of rotatable bonds is 5. The van der Waals surface area contributed by atoms with Crippen molar-refractivity contribution in [2.45, 2.75) is 32.4 Å². The molecule has 0 aliphatic heterocycles. The summed E-state index contributed by atoms with van der Waals surface area (Å²) in [7, 11) is 0. The van der Waals surface area contributed by atoms with Gasteiger partial charge in [-0.05, 0) is 31.7 Å². The van der Waals surface area contributed by atoms with E-state index in [1.165, 1.54) is 6.26 Å². The van der Waals surface area contributed by atoms with E-state index in [1.807, 2.05) is 12.3 Å². The van der Waals surface area contributed by atoms with Crippen molar-refractivity contribution in [3.8, 4) is 0 Å². The van der Waals surface area contributed by atoms with Gasteiger partial charge in [-0.1, -0.05) is 0 Å². The van der Waals surface area contributed by atoms with Gasteiger partial charge in [-0.2, -0.15) is 0 Å². The van der Waals surface area contributed by atoms with E-state index in [9.17, 15) is 4.79 Å². The van der Waals surface area contributed by atoms with Crippen LogP contribution in [0.2, 0.25) is 0 Å². The fourth-order valence-corrected chi connectivity index (χ4v) is 3.10. The maximum absolute atomic E-state index is 12.3. The van der Waals surface area contributed by atoms with Crippen molar-refractivity contribution in [3.05, 3.63) is 39.7 Å². The van der Waals surface area contributed by atoms with Crippen LogP contribution in [0, 0.1) is 12.8 Å². The number of furan rings is 1. The molecule has 1 unspecified atom stereocenters. The van der Waals surface area contributed by atoms with Gasteiger partial charge >= 0.3 is 0 Å². The molecule has 2 aromatic heterocycles. The molecule has 5 nitrogen and oxygen atoms in total. The molecule has 2 aromatic rings. The summed E-state index contributed by atoms with van der Waals surface area (Å²) in [5, 5.41) is 6.07. The van der Waals surface area contributed by atoms with Crippen molar-refractivity contribution in [2.24, 2.45) is 11.7 Å². The van der Waals surface area contributed by atoms with E-state index < -0.39 is 0 Å². The summed E-state index contributed by atoms with van der Waals surface area (Å²) in [6.45, 7) is 2.26. The second-order valence-electron chi connectivity index (χ2n) is 5.12. The number of hydrogen-bond acceptors (Lipinski definition) is 5. The summed E-state index contributed by atoms with van der Waals surface area (Å²) in [5.41, 5.74) is 7.00. The first kappa shape index (κ1) is 19.0. The SMILES string of the molecule is Cc1csc(C(NC(=O)c2coc(CN)c2)C2CC2)n1.Cl.Cl. The summed E-state index contributed by atoms with van der Waals surface area (Å²) in [6.07, 6.45) is 3.74. The van der Waals surface area contributed by atoms with Gasteiger partial charge in [-0.15, -0.1) is 36.2 Å². The molecule has 3 N–H and O–H groups in total. The first-order chi connectivity index (χ1) is 9.67. The minimum absolute atomic E-state index is 0. The highest BCUT2D eigenvalue weighted by molar-refractivity contribution is 7.09. The highest BCUT2D eigenvalue weighted by Crippen LogP contribution is 2.42. The third kappa shape index (κ3) is 4.23. The molecular weight excluding hydrogens is 345 g/mol. The molecule has 0 bridgehead atoms. The number of nitrogens with two attached hydrogens (primary N) is 1. The zero-order valence-corrected chi connectivity index (χ0v) is 14.5. The van der Waals surface area contributed by atoms with Gasteiger partial charge in [0.25, 0.3) is 5.91 Å². The number of aryl methyl sites for hydroxylation is 1. The maximum atomic E-state index is 12.3. The van der Waals surface area contributed by atoms with E-state index >= 15 is 0 Å². The minimum Gasteiger partial charge on any atom is -0.467 e. The standard InChI is InChI=1S/C14H17N3O2S.2ClH/c1-8-7-20-14(16-8)12(9-2-3-9)17-13(18)10-4-11(5-15)19-6-10;;/h4,6-7,9,12H,2-3,5,15H2,1H3,(H,17,18);2*1H. The quantitative estimate of drug-likeness (QED) is 0.854.